The Labute approximate surface area is 190 Å². The SMILES string of the molecule is C[C@H]1O[C@@H](c2ccncc2CC(=O)c2nc(-c3ccccc3)cnc2N)[C@H](F)[C@@H](O)[C@]1(C)O. The molecule has 8 nitrogen and oxygen atoms in total. The number of benzene rings is 1. The second-order valence-electron chi connectivity index (χ2n) is 8.34. The van der Waals surface area contributed by atoms with E-state index < -0.39 is 35.9 Å². The zero-order valence-electron chi connectivity index (χ0n) is 18.2. The largest absolute Gasteiger partial charge is 0.387 e. The van der Waals surface area contributed by atoms with E-state index in [-0.39, 0.29) is 17.9 Å². The van der Waals surface area contributed by atoms with Gasteiger partial charge in [0.15, 0.2) is 17.8 Å². The van der Waals surface area contributed by atoms with Gasteiger partial charge in [0.2, 0.25) is 0 Å². The molecule has 2 aromatic heterocycles. The van der Waals surface area contributed by atoms with Crippen molar-refractivity contribution in [2.45, 2.75) is 50.4 Å². The van der Waals surface area contributed by atoms with E-state index in [1.807, 2.05) is 30.3 Å². The number of carbonyl (C=O) groups is 1. The summed E-state index contributed by atoms with van der Waals surface area (Å²) in [6.45, 7) is 2.88. The number of nitrogens with two attached hydrogens (primary N) is 1. The first-order valence-electron chi connectivity index (χ1n) is 10.5. The molecule has 1 aliphatic heterocycles. The molecule has 0 unspecified atom stereocenters. The van der Waals surface area contributed by atoms with Crippen LogP contribution in [-0.2, 0) is 11.2 Å². The number of nitrogen functional groups attached to an aromatic ring is 1. The summed E-state index contributed by atoms with van der Waals surface area (Å²) in [6.07, 6.45) is -1.37. The first-order valence-corrected chi connectivity index (χ1v) is 10.5. The number of hydrogen-bond acceptors (Lipinski definition) is 8. The van der Waals surface area contributed by atoms with Crippen LogP contribution in [0.5, 0.6) is 0 Å². The number of ether oxygens (including phenoxy) is 1. The van der Waals surface area contributed by atoms with E-state index in [1.54, 1.807) is 6.92 Å². The van der Waals surface area contributed by atoms with Crippen molar-refractivity contribution in [3.63, 3.8) is 0 Å². The minimum absolute atomic E-state index is 0.00357. The second kappa shape index (κ2) is 8.93. The highest BCUT2D eigenvalue weighted by atomic mass is 19.1. The summed E-state index contributed by atoms with van der Waals surface area (Å²) in [5.74, 6) is -0.429. The summed E-state index contributed by atoms with van der Waals surface area (Å²) in [5, 5.41) is 20.7. The lowest BCUT2D eigenvalue weighted by molar-refractivity contribution is -0.245. The lowest BCUT2D eigenvalue weighted by Gasteiger charge is -2.45. The van der Waals surface area contributed by atoms with E-state index >= 15 is 4.39 Å². The number of anilines is 1. The molecule has 9 heteroatoms. The van der Waals surface area contributed by atoms with Crippen LogP contribution in [0.2, 0.25) is 0 Å². The van der Waals surface area contributed by atoms with Gasteiger partial charge in [-0.1, -0.05) is 30.3 Å². The molecule has 0 amide bonds. The Bertz CT molecular complexity index is 1160. The average molecular weight is 452 g/mol. The molecule has 1 aliphatic rings. The highest BCUT2D eigenvalue weighted by Crippen LogP contribution is 2.40. The zero-order chi connectivity index (χ0) is 23.8. The quantitative estimate of drug-likeness (QED) is 0.503. The molecule has 0 aliphatic carbocycles. The van der Waals surface area contributed by atoms with Gasteiger partial charge in [-0.3, -0.25) is 9.78 Å². The van der Waals surface area contributed by atoms with Gasteiger partial charge in [0.05, 0.1) is 18.0 Å². The van der Waals surface area contributed by atoms with Crippen molar-refractivity contribution in [3.8, 4) is 11.3 Å². The standard InChI is InChI=1S/C24H25FN4O4/c1-13-24(2,32)22(31)19(25)21(33-13)16-8-9-27-11-15(16)10-18(30)20-23(26)28-12-17(29-20)14-6-4-3-5-7-14/h3-9,11-13,19,21-22,31-32H,10H2,1-2H3,(H2,26,28)/t13-,19+,21+,22-,24-/m1/s1. The maximum atomic E-state index is 15.1. The van der Waals surface area contributed by atoms with E-state index in [0.29, 0.717) is 16.8 Å². The van der Waals surface area contributed by atoms with Crippen LogP contribution < -0.4 is 5.73 Å². The highest BCUT2D eigenvalue weighted by molar-refractivity contribution is 5.99. The van der Waals surface area contributed by atoms with E-state index in [4.69, 9.17) is 10.5 Å². The molecule has 0 radical (unpaired) electrons. The van der Waals surface area contributed by atoms with E-state index in [9.17, 15) is 15.0 Å². The lowest BCUT2D eigenvalue weighted by Crippen LogP contribution is -2.59. The number of carbonyl (C=O) groups excluding carboxylic acids is 1. The minimum Gasteiger partial charge on any atom is -0.387 e. The molecule has 172 valence electrons. The van der Waals surface area contributed by atoms with Crippen molar-refractivity contribution in [3.05, 3.63) is 71.8 Å². The Hall–Kier alpha value is -3.27. The minimum atomic E-state index is -1.90. The fourth-order valence-electron chi connectivity index (χ4n) is 3.88. The van der Waals surface area contributed by atoms with Gasteiger partial charge >= 0.3 is 0 Å². The molecule has 1 saturated heterocycles. The van der Waals surface area contributed by atoms with Gasteiger partial charge < -0.3 is 20.7 Å². The molecule has 4 N–H and O–H groups in total. The molecule has 0 saturated carbocycles. The topological polar surface area (TPSA) is 131 Å². The van der Waals surface area contributed by atoms with Gasteiger partial charge in [-0.25, -0.2) is 14.4 Å². The lowest BCUT2D eigenvalue weighted by atomic mass is 9.82. The van der Waals surface area contributed by atoms with Gasteiger partial charge in [0, 0.05) is 24.4 Å². The van der Waals surface area contributed by atoms with Crippen LogP contribution in [0.3, 0.4) is 0 Å². The highest BCUT2D eigenvalue weighted by Gasteiger charge is 2.51. The Morgan fingerprint density at radius 2 is 1.97 bits per heavy atom. The van der Waals surface area contributed by atoms with Gasteiger partial charge in [0.1, 0.15) is 23.5 Å². The summed E-state index contributed by atoms with van der Waals surface area (Å²) in [7, 11) is 0. The number of nitrogens with zero attached hydrogens (tertiary/aromatic N) is 3. The first-order chi connectivity index (χ1) is 15.7. The molecule has 0 spiro atoms. The molecule has 33 heavy (non-hydrogen) atoms. The third-order valence-corrected chi connectivity index (χ3v) is 6.10. The van der Waals surface area contributed by atoms with Crippen LogP contribution in [0.1, 0.15) is 41.6 Å². The molecular formula is C24H25FN4O4. The number of aliphatic hydroxyl groups excluding tert-OH is 1. The van der Waals surface area contributed by atoms with Crippen molar-refractivity contribution in [2.24, 2.45) is 0 Å². The number of ketones is 1. The van der Waals surface area contributed by atoms with Gasteiger partial charge in [-0.05, 0) is 31.0 Å². The summed E-state index contributed by atoms with van der Waals surface area (Å²) in [6, 6.07) is 10.8. The summed E-state index contributed by atoms with van der Waals surface area (Å²) >= 11 is 0. The maximum Gasteiger partial charge on any atom is 0.189 e. The van der Waals surface area contributed by atoms with Crippen molar-refractivity contribution >= 4 is 11.6 Å². The van der Waals surface area contributed by atoms with Crippen LogP contribution >= 0.6 is 0 Å². The van der Waals surface area contributed by atoms with Gasteiger partial charge in [0.25, 0.3) is 0 Å². The number of alkyl halides is 1. The predicted octanol–water partition coefficient (Wildman–Crippen LogP) is 2.46. The van der Waals surface area contributed by atoms with Crippen LogP contribution in [0.15, 0.2) is 55.0 Å². The van der Waals surface area contributed by atoms with Crippen molar-refractivity contribution in [1.82, 2.24) is 15.0 Å². The van der Waals surface area contributed by atoms with Crippen LogP contribution in [0, 0.1) is 0 Å². The fraction of sp³-hybridized carbons (Fsp3) is 0.333. The molecule has 0 bridgehead atoms. The van der Waals surface area contributed by atoms with E-state index in [2.05, 4.69) is 15.0 Å². The molecule has 1 aromatic carbocycles. The molecule has 1 fully saturated rings. The van der Waals surface area contributed by atoms with Crippen molar-refractivity contribution in [2.75, 3.05) is 5.73 Å². The summed E-state index contributed by atoms with van der Waals surface area (Å²) in [5.41, 5.74) is 6.24. The third-order valence-electron chi connectivity index (χ3n) is 6.10. The first kappa shape index (κ1) is 22.9. The number of aromatic nitrogens is 3. The third kappa shape index (κ3) is 4.35. The molecule has 3 aromatic rings. The number of hydrogen-bond donors (Lipinski definition) is 3. The normalized spacial score (nSPS) is 27.3. The number of aliphatic hydroxyl groups is 2. The Morgan fingerprint density at radius 1 is 1.24 bits per heavy atom. The van der Waals surface area contributed by atoms with Crippen LogP contribution in [0.4, 0.5) is 10.2 Å². The zero-order valence-corrected chi connectivity index (χ0v) is 18.2. The van der Waals surface area contributed by atoms with Gasteiger partial charge in [-0.15, -0.1) is 0 Å². The van der Waals surface area contributed by atoms with Crippen molar-refractivity contribution < 1.29 is 24.1 Å². The second-order valence-corrected chi connectivity index (χ2v) is 8.34. The molecule has 3 heterocycles. The number of pyridine rings is 1. The van der Waals surface area contributed by atoms with E-state index in [1.165, 1.54) is 31.6 Å². The number of halogens is 1. The Morgan fingerprint density at radius 3 is 2.70 bits per heavy atom. The fourth-order valence-corrected chi connectivity index (χ4v) is 3.88. The monoisotopic (exact) mass is 452 g/mol. The average Bonchev–Trinajstić information content (AvgIpc) is 2.82. The number of Topliss-reactive ketones (excluding diaryl/α,β-unsaturated/α-hetero) is 1. The molecule has 5 atom stereocenters. The Balaban J connectivity index is 1.64. The summed E-state index contributed by atoms with van der Waals surface area (Å²) < 4.78 is 20.8. The predicted molar refractivity (Wildman–Crippen MR) is 119 cm³/mol. The molecule has 4 rings (SSSR count). The molecular weight excluding hydrogens is 427 g/mol. The van der Waals surface area contributed by atoms with Gasteiger partial charge in [-0.2, -0.15) is 0 Å². The van der Waals surface area contributed by atoms with Crippen LogP contribution in [-0.4, -0.2) is 54.9 Å². The smallest absolute Gasteiger partial charge is 0.189 e. The van der Waals surface area contributed by atoms with Crippen molar-refractivity contribution in [1.29, 1.82) is 0 Å². The van der Waals surface area contributed by atoms with E-state index in [0.717, 1.165) is 5.56 Å². The Kier molecular flexibility index (Phi) is 6.20. The number of rotatable bonds is 5. The maximum absolute atomic E-state index is 15.1. The van der Waals surface area contributed by atoms with Crippen LogP contribution in [0.25, 0.3) is 11.3 Å². The summed E-state index contributed by atoms with van der Waals surface area (Å²) in [4.78, 5) is 25.7.